The molecule has 9 heteroatoms. The van der Waals surface area contributed by atoms with E-state index in [2.05, 4.69) is 15.1 Å². The fourth-order valence-corrected chi connectivity index (χ4v) is 4.33. The number of para-hydroxylation sites is 1. The number of ketones is 1. The van der Waals surface area contributed by atoms with Gasteiger partial charge in [-0.1, -0.05) is 25.1 Å². The largest absolute Gasteiger partial charge is 0.493 e. The zero-order valence-corrected chi connectivity index (χ0v) is 18.9. The van der Waals surface area contributed by atoms with E-state index in [0.29, 0.717) is 62.1 Å². The van der Waals surface area contributed by atoms with Gasteiger partial charge in [-0.3, -0.25) is 14.8 Å². The summed E-state index contributed by atoms with van der Waals surface area (Å²) in [6, 6.07) is 11.3. The van der Waals surface area contributed by atoms with Gasteiger partial charge in [0.05, 0.1) is 28.9 Å². The second-order valence-electron chi connectivity index (χ2n) is 8.41. The van der Waals surface area contributed by atoms with E-state index in [0.717, 1.165) is 22.9 Å². The average molecular weight is 463 g/mol. The number of aromatic amines is 1. The lowest BCUT2D eigenvalue weighted by Gasteiger charge is -2.33. The average Bonchev–Trinajstić information content (AvgIpc) is 3.40. The molecule has 0 radical (unpaired) electrons. The van der Waals surface area contributed by atoms with Crippen molar-refractivity contribution in [2.45, 2.75) is 19.9 Å². The molecule has 34 heavy (non-hydrogen) atoms. The molecule has 2 aliphatic heterocycles. The minimum Gasteiger partial charge on any atom is -0.493 e. The first kappa shape index (κ1) is 22.0. The van der Waals surface area contributed by atoms with Crippen LogP contribution in [0.15, 0.2) is 42.2 Å². The number of nitrogens with zero attached hydrogens (tertiary/aromatic N) is 3. The van der Waals surface area contributed by atoms with Crippen LogP contribution in [0.4, 0.5) is 4.79 Å². The number of carbonyl (C=O) groups is 2. The molecule has 0 bridgehead atoms. The number of rotatable bonds is 6. The molecular formula is C25H26N4O5. The first-order valence-electron chi connectivity index (χ1n) is 11.4. The number of piperazine rings is 1. The molecule has 2 N–H and O–H groups in total. The lowest BCUT2D eigenvalue weighted by atomic mass is 10.0. The molecule has 0 atom stereocenters. The molecule has 2 aliphatic rings. The van der Waals surface area contributed by atoms with Gasteiger partial charge in [-0.05, 0) is 24.6 Å². The maximum Gasteiger partial charge on any atom is 0.407 e. The van der Waals surface area contributed by atoms with E-state index < -0.39 is 6.09 Å². The molecule has 0 unspecified atom stereocenters. The number of hydrogen-bond acceptors (Lipinski definition) is 6. The van der Waals surface area contributed by atoms with E-state index in [1.54, 1.807) is 12.1 Å². The van der Waals surface area contributed by atoms with Crippen molar-refractivity contribution in [3.05, 3.63) is 59.0 Å². The molecule has 1 fully saturated rings. The van der Waals surface area contributed by atoms with Crippen LogP contribution < -0.4 is 9.47 Å². The van der Waals surface area contributed by atoms with Crippen molar-refractivity contribution in [3.63, 3.8) is 0 Å². The predicted octanol–water partition coefficient (Wildman–Crippen LogP) is 3.76. The zero-order chi connectivity index (χ0) is 23.7. The molecule has 2 aromatic carbocycles. The van der Waals surface area contributed by atoms with Crippen molar-refractivity contribution in [2.75, 3.05) is 32.8 Å². The van der Waals surface area contributed by atoms with E-state index in [9.17, 15) is 14.7 Å². The van der Waals surface area contributed by atoms with Gasteiger partial charge in [-0.15, -0.1) is 0 Å². The smallest absolute Gasteiger partial charge is 0.407 e. The standard InChI is InChI=1S/C25H26N4O5/c1-2-13-33-21-8-7-17-23(30)22(14-20-16-5-3-4-6-19(16)26-27-20)34-24(17)18(21)15-28-9-11-29(12-10-28)25(31)32/h3-8,14H,2,9-13,15H2,1H3,(H,26,27)(H,31,32). The molecular weight excluding hydrogens is 436 g/mol. The highest BCUT2D eigenvalue weighted by Crippen LogP contribution is 2.41. The van der Waals surface area contributed by atoms with Crippen LogP contribution in [0.1, 0.15) is 35.0 Å². The number of hydrogen-bond donors (Lipinski definition) is 2. The number of fused-ring (bicyclic) bond motifs is 2. The third kappa shape index (κ3) is 4.10. The SMILES string of the molecule is CCCOc1ccc2c(c1CN1CCN(C(=O)O)CC1)OC(=Cc1n[nH]c3ccccc13)C2=O. The summed E-state index contributed by atoms with van der Waals surface area (Å²) in [6.07, 6.45) is 1.62. The van der Waals surface area contributed by atoms with Crippen LogP contribution in [-0.4, -0.2) is 69.8 Å². The van der Waals surface area contributed by atoms with Crippen LogP contribution in [-0.2, 0) is 6.54 Å². The number of aromatic nitrogens is 2. The van der Waals surface area contributed by atoms with Crippen LogP contribution >= 0.6 is 0 Å². The summed E-state index contributed by atoms with van der Waals surface area (Å²) >= 11 is 0. The highest BCUT2D eigenvalue weighted by Gasteiger charge is 2.33. The van der Waals surface area contributed by atoms with Gasteiger partial charge in [0.25, 0.3) is 0 Å². The third-order valence-corrected chi connectivity index (χ3v) is 6.15. The van der Waals surface area contributed by atoms with Crippen molar-refractivity contribution >= 4 is 28.9 Å². The number of amides is 1. The highest BCUT2D eigenvalue weighted by molar-refractivity contribution is 6.15. The van der Waals surface area contributed by atoms with Crippen molar-refractivity contribution < 1.29 is 24.2 Å². The summed E-state index contributed by atoms with van der Waals surface area (Å²) in [5, 5.41) is 17.4. The molecule has 3 aromatic rings. The Morgan fingerprint density at radius 3 is 2.76 bits per heavy atom. The van der Waals surface area contributed by atoms with Crippen molar-refractivity contribution in [1.29, 1.82) is 0 Å². The van der Waals surface area contributed by atoms with Crippen LogP contribution in [0.3, 0.4) is 0 Å². The van der Waals surface area contributed by atoms with Gasteiger partial charge in [0.1, 0.15) is 11.5 Å². The van der Waals surface area contributed by atoms with Crippen molar-refractivity contribution in [2.24, 2.45) is 0 Å². The Hall–Kier alpha value is -3.85. The van der Waals surface area contributed by atoms with Gasteiger partial charge in [0.2, 0.25) is 5.78 Å². The molecule has 5 rings (SSSR count). The van der Waals surface area contributed by atoms with E-state index in [1.165, 1.54) is 4.90 Å². The molecule has 3 heterocycles. The number of H-pyrrole nitrogens is 1. The lowest BCUT2D eigenvalue weighted by molar-refractivity contribution is 0.101. The van der Waals surface area contributed by atoms with Gasteiger partial charge < -0.3 is 19.5 Å². The zero-order valence-electron chi connectivity index (χ0n) is 18.9. The van der Waals surface area contributed by atoms with E-state index in [4.69, 9.17) is 9.47 Å². The Morgan fingerprint density at radius 2 is 2.00 bits per heavy atom. The highest BCUT2D eigenvalue weighted by atomic mass is 16.5. The fourth-order valence-electron chi connectivity index (χ4n) is 4.33. The van der Waals surface area contributed by atoms with Crippen LogP contribution in [0.2, 0.25) is 0 Å². The van der Waals surface area contributed by atoms with Crippen molar-refractivity contribution in [1.82, 2.24) is 20.0 Å². The van der Waals surface area contributed by atoms with Gasteiger partial charge in [0.15, 0.2) is 5.76 Å². The molecule has 1 saturated heterocycles. The van der Waals surface area contributed by atoms with E-state index in [1.807, 2.05) is 37.3 Å². The van der Waals surface area contributed by atoms with Gasteiger partial charge in [-0.25, -0.2) is 4.79 Å². The molecule has 1 amide bonds. The first-order valence-corrected chi connectivity index (χ1v) is 11.4. The second-order valence-corrected chi connectivity index (χ2v) is 8.41. The van der Waals surface area contributed by atoms with Crippen LogP contribution in [0, 0.1) is 0 Å². The van der Waals surface area contributed by atoms with Crippen molar-refractivity contribution in [3.8, 4) is 11.5 Å². The minimum absolute atomic E-state index is 0.193. The lowest BCUT2D eigenvalue weighted by Crippen LogP contribution is -2.47. The molecule has 9 nitrogen and oxygen atoms in total. The Kier molecular flexibility index (Phi) is 5.93. The Balaban J connectivity index is 1.45. The minimum atomic E-state index is -0.901. The van der Waals surface area contributed by atoms with Gasteiger partial charge in [-0.2, -0.15) is 5.10 Å². The normalized spacial score (nSPS) is 17.3. The monoisotopic (exact) mass is 462 g/mol. The maximum absolute atomic E-state index is 13.2. The maximum atomic E-state index is 13.2. The number of benzene rings is 2. The summed E-state index contributed by atoms with van der Waals surface area (Å²) in [5.41, 5.74) is 2.82. The predicted molar refractivity (Wildman–Crippen MR) is 126 cm³/mol. The van der Waals surface area contributed by atoms with Crippen LogP contribution in [0.5, 0.6) is 11.5 Å². The molecule has 176 valence electrons. The van der Waals surface area contributed by atoms with E-state index >= 15 is 0 Å². The first-order chi connectivity index (χ1) is 16.5. The molecule has 1 aromatic heterocycles. The summed E-state index contributed by atoms with van der Waals surface area (Å²) in [5.74, 6) is 1.21. The fraction of sp³-hybridized carbons (Fsp3) is 0.320. The number of carbonyl (C=O) groups excluding carboxylic acids is 1. The van der Waals surface area contributed by atoms with Crippen LogP contribution in [0.25, 0.3) is 17.0 Å². The number of ether oxygens (including phenoxy) is 2. The number of allylic oxidation sites excluding steroid dienone is 1. The quantitative estimate of drug-likeness (QED) is 0.537. The topological polar surface area (TPSA) is 108 Å². The molecule has 0 spiro atoms. The summed E-state index contributed by atoms with van der Waals surface area (Å²) in [4.78, 5) is 28.0. The third-order valence-electron chi connectivity index (χ3n) is 6.15. The number of nitrogens with one attached hydrogen (secondary N) is 1. The summed E-state index contributed by atoms with van der Waals surface area (Å²) in [7, 11) is 0. The molecule has 0 saturated carbocycles. The number of Topliss-reactive ketones (excluding diaryl/α,β-unsaturated/α-hetero) is 1. The second kappa shape index (κ2) is 9.18. The van der Waals surface area contributed by atoms with E-state index in [-0.39, 0.29) is 11.5 Å². The Labute approximate surface area is 196 Å². The van der Waals surface area contributed by atoms with Gasteiger partial charge >= 0.3 is 6.09 Å². The van der Waals surface area contributed by atoms with Gasteiger partial charge in [0, 0.05) is 44.2 Å². The number of carboxylic acid groups (broad SMARTS) is 1. The summed E-state index contributed by atoms with van der Waals surface area (Å²) in [6.45, 7) is 5.15. The Bertz CT molecular complexity index is 1270. The summed E-state index contributed by atoms with van der Waals surface area (Å²) < 4.78 is 12.1. The molecule has 0 aliphatic carbocycles. The Morgan fingerprint density at radius 1 is 1.21 bits per heavy atom.